The van der Waals surface area contributed by atoms with Crippen LogP contribution in [0.2, 0.25) is 0 Å². The standard InChI is InChI=1S/C30H27NO4/c1-5-35-24-15-14-18(17(2)32)16-23(24)31-27(33)25-26(28(31)34)30(4)21-12-8-6-10-19(21)29(25,3)20-11-7-9-13-22(20)30/h6-16,25-26H,5H2,1-4H3/t25-,26-,29?,30?/m0/s1. The van der Waals surface area contributed by atoms with Gasteiger partial charge in [-0.3, -0.25) is 14.4 Å². The third kappa shape index (κ3) is 2.51. The highest BCUT2D eigenvalue weighted by Gasteiger charge is 2.70. The molecule has 2 atom stereocenters. The molecular formula is C30H27NO4. The minimum Gasteiger partial charge on any atom is -0.492 e. The maximum atomic E-state index is 14.3. The number of ether oxygens (including phenoxy) is 1. The maximum absolute atomic E-state index is 14.3. The largest absolute Gasteiger partial charge is 0.492 e. The fourth-order valence-corrected chi connectivity index (χ4v) is 7.00. The van der Waals surface area contributed by atoms with E-state index in [0.717, 1.165) is 22.3 Å². The molecule has 1 heterocycles. The molecule has 176 valence electrons. The average molecular weight is 466 g/mol. The number of imide groups is 1. The number of anilines is 1. The van der Waals surface area contributed by atoms with Crippen LogP contribution >= 0.6 is 0 Å². The molecule has 1 saturated heterocycles. The molecule has 0 spiro atoms. The van der Waals surface area contributed by atoms with Crippen LogP contribution in [0.1, 0.15) is 60.3 Å². The van der Waals surface area contributed by atoms with Crippen LogP contribution in [0.3, 0.4) is 0 Å². The van der Waals surface area contributed by atoms with E-state index in [1.165, 1.54) is 11.8 Å². The molecule has 5 heteroatoms. The molecule has 0 aromatic heterocycles. The van der Waals surface area contributed by atoms with Gasteiger partial charge in [-0.25, -0.2) is 4.90 Å². The third-order valence-electron chi connectivity index (χ3n) is 8.55. The van der Waals surface area contributed by atoms with E-state index in [1.54, 1.807) is 18.2 Å². The second-order valence-corrected chi connectivity index (χ2v) is 10.1. The summed E-state index contributed by atoms with van der Waals surface area (Å²) < 4.78 is 5.82. The lowest BCUT2D eigenvalue weighted by Crippen LogP contribution is -2.59. The van der Waals surface area contributed by atoms with Crippen molar-refractivity contribution in [2.24, 2.45) is 11.8 Å². The lowest BCUT2D eigenvalue weighted by Gasteiger charge is -2.57. The predicted octanol–water partition coefficient (Wildman–Crippen LogP) is 5.03. The number of hydrogen-bond donors (Lipinski definition) is 0. The van der Waals surface area contributed by atoms with Gasteiger partial charge in [-0.1, -0.05) is 62.4 Å². The fourth-order valence-electron chi connectivity index (χ4n) is 7.00. The highest BCUT2D eigenvalue weighted by Crippen LogP contribution is 2.66. The first kappa shape index (κ1) is 21.8. The summed E-state index contributed by atoms with van der Waals surface area (Å²) in [5.41, 5.74) is 3.90. The Morgan fingerprint density at radius 2 is 1.29 bits per heavy atom. The van der Waals surface area contributed by atoms with Crippen LogP contribution in [0.5, 0.6) is 5.75 Å². The summed E-state index contributed by atoms with van der Waals surface area (Å²) in [6.07, 6.45) is 0. The normalized spacial score (nSPS) is 27.9. The highest BCUT2D eigenvalue weighted by molar-refractivity contribution is 6.25. The lowest BCUT2D eigenvalue weighted by molar-refractivity contribution is -0.124. The third-order valence-corrected chi connectivity index (χ3v) is 8.55. The summed E-state index contributed by atoms with van der Waals surface area (Å²) in [5.74, 6) is -1.29. The number of Topliss-reactive ketones (excluding diaryl/α,β-unsaturated/α-hetero) is 1. The van der Waals surface area contributed by atoms with Gasteiger partial charge in [0, 0.05) is 16.4 Å². The quantitative estimate of drug-likeness (QED) is 0.400. The van der Waals surface area contributed by atoms with E-state index >= 15 is 0 Å². The van der Waals surface area contributed by atoms with Gasteiger partial charge in [-0.2, -0.15) is 0 Å². The molecule has 0 radical (unpaired) electrons. The number of rotatable bonds is 4. The van der Waals surface area contributed by atoms with Crippen molar-refractivity contribution in [1.82, 2.24) is 0 Å². The molecule has 2 amide bonds. The number of carbonyl (C=O) groups is 3. The van der Waals surface area contributed by atoms with Gasteiger partial charge >= 0.3 is 0 Å². The maximum Gasteiger partial charge on any atom is 0.239 e. The Hall–Kier alpha value is -3.73. The summed E-state index contributed by atoms with van der Waals surface area (Å²) in [4.78, 5) is 42.1. The molecule has 2 bridgehead atoms. The number of nitrogens with zero attached hydrogens (tertiary/aromatic N) is 1. The molecule has 3 aromatic carbocycles. The fraction of sp³-hybridized carbons (Fsp3) is 0.300. The monoisotopic (exact) mass is 465 g/mol. The van der Waals surface area contributed by atoms with Crippen LogP contribution < -0.4 is 9.64 Å². The molecule has 0 saturated carbocycles. The van der Waals surface area contributed by atoms with E-state index in [4.69, 9.17) is 4.74 Å². The van der Waals surface area contributed by atoms with Gasteiger partial charge < -0.3 is 4.74 Å². The van der Waals surface area contributed by atoms with Crippen molar-refractivity contribution >= 4 is 23.3 Å². The van der Waals surface area contributed by atoms with E-state index in [1.807, 2.05) is 31.2 Å². The number of carbonyl (C=O) groups excluding carboxylic acids is 3. The lowest BCUT2D eigenvalue weighted by atomic mass is 9.42. The highest BCUT2D eigenvalue weighted by atomic mass is 16.5. The second-order valence-electron chi connectivity index (χ2n) is 10.1. The molecule has 3 aromatic rings. The molecule has 3 aliphatic carbocycles. The molecular weight excluding hydrogens is 438 g/mol. The minimum absolute atomic E-state index is 0.135. The molecule has 0 N–H and O–H groups in total. The Kier molecular flexibility index (Phi) is 4.44. The van der Waals surface area contributed by atoms with E-state index < -0.39 is 22.7 Å². The average Bonchev–Trinajstić information content (AvgIpc) is 3.14. The van der Waals surface area contributed by atoms with Gasteiger partial charge in [0.25, 0.3) is 0 Å². The van der Waals surface area contributed by atoms with Crippen LogP contribution in [0, 0.1) is 11.8 Å². The van der Waals surface area contributed by atoms with Gasteiger partial charge in [-0.05, 0) is 54.3 Å². The minimum atomic E-state index is -0.652. The molecule has 35 heavy (non-hydrogen) atoms. The van der Waals surface area contributed by atoms with E-state index in [0.29, 0.717) is 23.6 Å². The number of ketones is 1. The summed E-state index contributed by atoms with van der Waals surface area (Å²) in [5, 5.41) is 0. The molecule has 0 unspecified atom stereocenters. The summed E-state index contributed by atoms with van der Waals surface area (Å²) >= 11 is 0. The zero-order chi connectivity index (χ0) is 24.7. The van der Waals surface area contributed by atoms with Crippen molar-refractivity contribution in [1.29, 1.82) is 0 Å². The molecule has 5 nitrogen and oxygen atoms in total. The Morgan fingerprint density at radius 1 is 0.829 bits per heavy atom. The zero-order valence-electron chi connectivity index (χ0n) is 20.3. The van der Waals surface area contributed by atoms with E-state index in [9.17, 15) is 14.4 Å². The first-order valence-corrected chi connectivity index (χ1v) is 12.1. The SMILES string of the molecule is CCOc1ccc(C(C)=O)cc1N1C(=O)[C@@H]2[C@@H](C1=O)C1(C)c3ccccc3C2(C)c2ccccc21. The van der Waals surface area contributed by atoms with Crippen molar-refractivity contribution in [3.8, 4) is 5.75 Å². The van der Waals surface area contributed by atoms with Crippen molar-refractivity contribution in [2.75, 3.05) is 11.5 Å². The number of benzene rings is 3. The van der Waals surface area contributed by atoms with Crippen LogP contribution in [0.25, 0.3) is 0 Å². The van der Waals surface area contributed by atoms with Crippen LogP contribution in [0.15, 0.2) is 66.7 Å². The van der Waals surface area contributed by atoms with Crippen molar-refractivity contribution < 1.29 is 19.1 Å². The molecule has 1 fully saturated rings. The van der Waals surface area contributed by atoms with Gasteiger partial charge in [-0.15, -0.1) is 0 Å². The summed E-state index contributed by atoms with van der Waals surface area (Å²) in [6.45, 7) is 7.91. The number of hydrogen-bond acceptors (Lipinski definition) is 4. The zero-order valence-corrected chi connectivity index (χ0v) is 20.3. The smallest absolute Gasteiger partial charge is 0.239 e. The molecule has 1 aliphatic heterocycles. The van der Waals surface area contributed by atoms with Crippen LogP contribution in [-0.4, -0.2) is 24.2 Å². The van der Waals surface area contributed by atoms with Crippen molar-refractivity contribution in [2.45, 2.75) is 38.5 Å². The molecule has 7 rings (SSSR count). The number of amides is 2. The van der Waals surface area contributed by atoms with Crippen molar-refractivity contribution in [3.63, 3.8) is 0 Å². The van der Waals surface area contributed by atoms with Gasteiger partial charge in [0.1, 0.15) is 5.75 Å². The molecule has 4 aliphatic rings. The Labute approximate surface area is 204 Å². The second kappa shape index (κ2) is 7.14. The summed E-state index contributed by atoms with van der Waals surface area (Å²) in [6, 6.07) is 21.4. The first-order valence-electron chi connectivity index (χ1n) is 12.1. The summed E-state index contributed by atoms with van der Waals surface area (Å²) in [7, 11) is 0. The van der Waals surface area contributed by atoms with Gasteiger partial charge in [0.05, 0.1) is 24.1 Å². The Morgan fingerprint density at radius 3 is 1.69 bits per heavy atom. The van der Waals surface area contributed by atoms with Gasteiger partial charge in [0.2, 0.25) is 11.8 Å². The Balaban J connectivity index is 1.62. The Bertz CT molecular complexity index is 1320. The van der Waals surface area contributed by atoms with E-state index in [-0.39, 0.29) is 17.6 Å². The van der Waals surface area contributed by atoms with Crippen LogP contribution in [0.4, 0.5) is 5.69 Å². The first-order chi connectivity index (χ1) is 16.8. The van der Waals surface area contributed by atoms with Crippen molar-refractivity contribution in [3.05, 3.63) is 94.5 Å². The van der Waals surface area contributed by atoms with E-state index in [2.05, 4.69) is 38.1 Å². The van der Waals surface area contributed by atoms with Gasteiger partial charge in [0.15, 0.2) is 5.78 Å². The van der Waals surface area contributed by atoms with Crippen LogP contribution in [-0.2, 0) is 20.4 Å². The predicted molar refractivity (Wildman–Crippen MR) is 133 cm³/mol. The topological polar surface area (TPSA) is 63.7 Å².